The van der Waals surface area contributed by atoms with Crippen molar-refractivity contribution in [2.24, 2.45) is 10.7 Å². The molecule has 0 radical (unpaired) electrons. The Morgan fingerprint density at radius 1 is 1.16 bits per heavy atom. The van der Waals surface area contributed by atoms with Crippen molar-refractivity contribution >= 4 is 35.6 Å². The first-order chi connectivity index (χ1) is 11.7. The number of ether oxygens (including phenoxy) is 3. The second kappa shape index (κ2) is 9.47. The average molecular weight is 461 g/mol. The fourth-order valence-corrected chi connectivity index (χ4v) is 3.28. The minimum Gasteiger partial charge on any atom is -0.490 e. The third kappa shape index (κ3) is 5.37. The lowest BCUT2D eigenvalue weighted by molar-refractivity contribution is -0.0308. The molecule has 1 saturated carbocycles. The van der Waals surface area contributed by atoms with Gasteiger partial charge in [-0.1, -0.05) is 19.3 Å². The van der Waals surface area contributed by atoms with Crippen LogP contribution in [0.4, 0.5) is 5.69 Å². The Hall–Kier alpha value is -1.22. The van der Waals surface area contributed by atoms with E-state index >= 15 is 0 Å². The zero-order valence-corrected chi connectivity index (χ0v) is 17.1. The van der Waals surface area contributed by atoms with Crippen LogP contribution in [0.25, 0.3) is 0 Å². The van der Waals surface area contributed by atoms with Crippen LogP contribution in [0.15, 0.2) is 23.2 Å². The summed E-state index contributed by atoms with van der Waals surface area (Å²) in [7, 11) is 1.77. The van der Waals surface area contributed by atoms with Crippen LogP contribution in [-0.2, 0) is 4.74 Å². The molecule has 1 aromatic rings. The number of rotatable bonds is 4. The van der Waals surface area contributed by atoms with E-state index in [0.717, 1.165) is 36.4 Å². The smallest absolute Gasteiger partial charge is 0.193 e. The summed E-state index contributed by atoms with van der Waals surface area (Å²) in [6.45, 7) is 1.94. The normalized spacial score (nSPS) is 19.5. The molecule has 140 valence electrons. The lowest BCUT2D eigenvalue weighted by atomic mass is 9.85. The van der Waals surface area contributed by atoms with Gasteiger partial charge < -0.3 is 25.3 Å². The number of halogens is 1. The maximum atomic E-state index is 6.05. The highest BCUT2D eigenvalue weighted by Gasteiger charge is 2.31. The van der Waals surface area contributed by atoms with Crippen molar-refractivity contribution in [2.45, 2.75) is 44.1 Å². The highest BCUT2D eigenvalue weighted by Crippen LogP contribution is 2.33. The molecule has 0 aromatic heterocycles. The predicted molar refractivity (Wildman–Crippen MR) is 110 cm³/mol. The van der Waals surface area contributed by atoms with Gasteiger partial charge in [0.15, 0.2) is 17.5 Å². The van der Waals surface area contributed by atoms with Crippen LogP contribution in [0, 0.1) is 0 Å². The minimum absolute atomic E-state index is 0. The number of methoxy groups -OCH3 is 1. The van der Waals surface area contributed by atoms with Crippen molar-refractivity contribution in [3.05, 3.63) is 18.2 Å². The van der Waals surface area contributed by atoms with Crippen LogP contribution in [-0.4, -0.2) is 38.4 Å². The second-order valence-electron chi connectivity index (χ2n) is 6.49. The molecular formula is C18H28IN3O3. The third-order valence-corrected chi connectivity index (χ3v) is 4.76. The van der Waals surface area contributed by atoms with Gasteiger partial charge in [0.2, 0.25) is 0 Å². The van der Waals surface area contributed by atoms with Gasteiger partial charge >= 0.3 is 0 Å². The van der Waals surface area contributed by atoms with E-state index in [4.69, 9.17) is 19.9 Å². The Balaban J connectivity index is 0.00000225. The Labute approximate surface area is 166 Å². The first-order valence-electron chi connectivity index (χ1n) is 8.73. The molecule has 7 heteroatoms. The van der Waals surface area contributed by atoms with Crippen molar-refractivity contribution in [1.82, 2.24) is 0 Å². The molecule has 0 saturated heterocycles. The molecule has 25 heavy (non-hydrogen) atoms. The zero-order valence-electron chi connectivity index (χ0n) is 14.8. The molecule has 1 fully saturated rings. The average Bonchev–Trinajstić information content (AvgIpc) is 2.86. The van der Waals surface area contributed by atoms with E-state index in [1.165, 1.54) is 19.3 Å². The fourth-order valence-electron chi connectivity index (χ4n) is 3.28. The number of anilines is 1. The van der Waals surface area contributed by atoms with E-state index in [0.29, 0.717) is 25.7 Å². The molecular weight excluding hydrogens is 433 g/mol. The van der Waals surface area contributed by atoms with Crippen LogP contribution < -0.4 is 20.5 Å². The maximum Gasteiger partial charge on any atom is 0.193 e. The van der Waals surface area contributed by atoms with Gasteiger partial charge in [-0.2, -0.15) is 0 Å². The summed E-state index contributed by atoms with van der Waals surface area (Å²) in [5.41, 5.74) is 6.74. The summed E-state index contributed by atoms with van der Waals surface area (Å²) in [4.78, 5) is 4.50. The molecule has 1 aromatic carbocycles. The Bertz CT molecular complexity index is 589. The highest BCUT2D eigenvalue weighted by atomic mass is 127. The van der Waals surface area contributed by atoms with E-state index in [1.54, 1.807) is 7.11 Å². The molecule has 3 rings (SSSR count). The summed E-state index contributed by atoms with van der Waals surface area (Å²) in [5.74, 6) is 1.91. The lowest BCUT2D eigenvalue weighted by Gasteiger charge is -2.34. The zero-order chi connectivity index (χ0) is 16.8. The van der Waals surface area contributed by atoms with Gasteiger partial charge in [-0.15, -0.1) is 24.0 Å². The monoisotopic (exact) mass is 461 g/mol. The van der Waals surface area contributed by atoms with Crippen LogP contribution in [0.1, 0.15) is 38.5 Å². The predicted octanol–water partition coefficient (Wildman–Crippen LogP) is 3.54. The number of nitrogens with two attached hydrogens (primary N) is 1. The molecule has 6 nitrogen and oxygen atoms in total. The summed E-state index contributed by atoms with van der Waals surface area (Å²) in [5, 5.41) is 3.13. The van der Waals surface area contributed by atoms with E-state index < -0.39 is 0 Å². The second-order valence-corrected chi connectivity index (χ2v) is 6.49. The number of benzene rings is 1. The van der Waals surface area contributed by atoms with Crippen LogP contribution in [0.2, 0.25) is 0 Å². The number of nitrogens with one attached hydrogen (secondary N) is 1. The SMILES string of the molecule is COC1(CN=C(N)Nc2ccc3c(c2)OCCCO3)CCCCC1.I. The summed E-state index contributed by atoms with van der Waals surface area (Å²) < 4.78 is 17.1. The number of nitrogens with zero attached hydrogens (tertiary/aromatic N) is 1. The van der Waals surface area contributed by atoms with Crippen molar-refractivity contribution in [3.8, 4) is 11.5 Å². The van der Waals surface area contributed by atoms with Gasteiger partial charge in [-0.3, -0.25) is 4.99 Å². The standard InChI is InChI=1S/C18H27N3O3.HI/c1-22-18(8-3-2-4-9-18)13-20-17(19)21-14-6-7-15-16(12-14)24-11-5-10-23-15;/h6-7,12H,2-5,8-11,13H2,1H3,(H3,19,20,21);1H. The van der Waals surface area contributed by atoms with Crippen molar-refractivity contribution in [2.75, 3.05) is 32.2 Å². The van der Waals surface area contributed by atoms with E-state index in [-0.39, 0.29) is 29.6 Å². The summed E-state index contributed by atoms with van der Waals surface area (Å²) in [6.07, 6.45) is 6.65. The first-order valence-corrected chi connectivity index (χ1v) is 8.73. The van der Waals surface area contributed by atoms with Crippen molar-refractivity contribution < 1.29 is 14.2 Å². The van der Waals surface area contributed by atoms with E-state index in [2.05, 4.69) is 10.3 Å². The molecule has 3 N–H and O–H groups in total. The van der Waals surface area contributed by atoms with E-state index in [9.17, 15) is 0 Å². The molecule has 0 unspecified atom stereocenters. The topological polar surface area (TPSA) is 78.1 Å². The molecule has 1 heterocycles. The first kappa shape index (κ1) is 20.1. The van der Waals surface area contributed by atoms with Crippen LogP contribution in [0.5, 0.6) is 11.5 Å². The van der Waals surface area contributed by atoms with Gasteiger partial charge in [0.25, 0.3) is 0 Å². The highest BCUT2D eigenvalue weighted by molar-refractivity contribution is 14.0. The van der Waals surface area contributed by atoms with Gasteiger partial charge in [-0.05, 0) is 25.0 Å². The largest absolute Gasteiger partial charge is 0.490 e. The molecule has 0 amide bonds. The minimum atomic E-state index is -0.157. The molecule has 1 aliphatic heterocycles. The van der Waals surface area contributed by atoms with Gasteiger partial charge in [-0.25, -0.2) is 0 Å². The van der Waals surface area contributed by atoms with Crippen LogP contribution >= 0.6 is 24.0 Å². The summed E-state index contributed by atoms with van der Waals surface area (Å²) in [6, 6.07) is 5.71. The quantitative estimate of drug-likeness (QED) is 0.408. The maximum absolute atomic E-state index is 6.05. The molecule has 0 spiro atoms. The van der Waals surface area contributed by atoms with Gasteiger partial charge in [0.1, 0.15) is 0 Å². The number of fused-ring (bicyclic) bond motifs is 1. The summed E-state index contributed by atoms with van der Waals surface area (Å²) >= 11 is 0. The lowest BCUT2D eigenvalue weighted by Crippen LogP contribution is -2.38. The van der Waals surface area contributed by atoms with Gasteiger partial charge in [0, 0.05) is 25.3 Å². The van der Waals surface area contributed by atoms with Gasteiger partial charge in [0.05, 0.1) is 25.4 Å². The molecule has 0 bridgehead atoms. The van der Waals surface area contributed by atoms with Crippen LogP contribution in [0.3, 0.4) is 0 Å². The van der Waals surface area contributed by atoms with Crippen molar-refractivity contribution in [3.63, 3.8) is 0 Å². The molecule has 1 aliphatic carbocycles. The number of guanidine groups is 1. The van der Waals surface area contributed by atoms with Crippen molar-refractivity contribution in [1.29, 1.82) is 0 Å². The Kier molecular flexibility index (Phi) is 7.61. The fraction of sp³-hybridized carbons (Fsp3) is 0.611. The molecule has 0 atom stereocenters. The number of aliphatic imine (C=N–C) groups is 1. The Morgan fingerprint density at radius 3 is 2.60 bits per heavy atom. The molecule has 2 aliphatic rings. The number of hydrogen-bond donors (Lipinski definition) is 2. The van der Waals surface area contributed by atoms with E-state index in [1.807, 2.05) is 18.2 Å². The number of hydrogen-bond acceptors (Lipinski definition) is 4. The Morgan fingerprint density at radius 2 is 1.88 bits per heavy atom. The third-order valence-electron chi connectivity index (χ3n) is 4.76.